The Morgan fingerprint density at radius 3 is 2.33 bits per heavy atom. The molecule has 0 aliphatic carbocycles. The fourth-order valence-electron chi connectivity index (χ4n) is 2.74. The lowest BCUT2D eigenvalue weighted by atomic mass is 10.0. The Labute approximate surface area is 150 Å². The van der Waals surface area contributed by atoms with Gasteiger partial charge >= 0.3 is 0 Å². The standard InChI is InChI=1S/C21H15NS2/c23-21(20-14-16-10-4-7-13-19(16)24-20)22-18-12-6-5-11-17(18)15-8-2-1-3-9-15/h1-14H,(H,22,23). The molecule has 0 spiro atoms. The predicted octanol–water partition coefficient (Wildman–Crippen LogP) is 6.36. The number of benzene rings is 3. The minimum absolute atomic E-state index is 0.764. The van der Waals surface area contributed by atoms with E-state index in [0.29, 0.717) is 0 Å². The van der Waals surface area contributed by atoms with Crippen molar-refractivity contribution in [2.24, 2.45) is 0 Å². The molecule has 0 bridgehead atoms. The Bertz CT molecular complexity index is 969. The van der Waals surface area contributed by atoms with Gasteiger partial charge in [0.25, 0.3) is 0 Å². The molecule has 0 saturated heterocycles. The SMILES string of the molecule is S=C(Nc1ccccc1-c1ccccc1)c1cc2ccccc2s1. The number of hydrogen-bond acceptors (Lipinski definition) is 2. The first-order valence-electron chi connectivity index (χ1n) is 7.76. The Balaban J connectivity index is 1.67. The van der Waals surface area contributed by atoms with Crippen LogP contribution in [0.25, 0.3) is 21.2 Å². The largest absolute Gasteiger partial charge is 0.345 e. The molecule has 0 amide bonds. The highest BCUT2D eigenvalue weighted by Crippen LogP contribution is 2.30. The topological polar surface area (TPSA) is 12.0 Å². The number of rotatable bonds is 3. The van der Waals surface area contributed by atoms with Crippen LogP contribution in [-0.4, -0.2) is 4.99 Å². The fourth-order valence-corrected chi connectivity index (χ4v) is 3.99. The summed E-state index contributed by atoms with van der Waals surface area (Å²) < 4.78 is 1.26. The summed E-state index contributed by atoms with van der Waals surface area (Å²) in [6.45, 7) is 0. The van der Waals surface area contributed by atoms with Crippen LogP contribution in [-0.2, 0) is 0 Å². The molecule has 4 aromatic rings. The summed E-state index contributed by atoms with van der Waals surface area (Å²) >= 11 is 7.37. The third kappa shape index (κ3) is 2.96. The third-order valence-electron chi connectivity index (χ3n) is 3.91. The summed E-state index contributed by atoms with van der Waals surface area (Å²) in [6.07, 6.45) is 0. The van der Waals surface area contributed by atoms with Gasteiger partial charge in [-0.2, -0.15) is 0 Å². The lowest BCUT2D eigenvalue weighted by molar-refractivity contribution is 1.59. The monoisotopic (exact) mass is 345 g/mol. The number of hydrogen-bond donors (Lipinski definition) is 1. The summed E-state index contributed by atoms with van der Waals surface area (Å²) in [6, 6.07) is 29.1. The van der Waals surface area contributed by atoms with E-state index < -0.39 is 0 Å². The maximum atomic E-state index is 5.65. The fraction of sp³-hybridized carbons (Fsp3) is 0. The summed E-state index contributed by atoms with van der Waals surface area (Å²) in [7, 11) is 0. The highest BCUT2D eigenvalue weighted by Gasteiger charge is 2.10. The van der Waals surface area contributed by atoms with Crippen molar-refractivity contribution in [3.8, 4) is 11.1 Å². The molecule has 0 radical (unpaired) electrons. The van der Waals surface area contributed by atoms with Crippen LogP contribution in [0.4, 0.5) is 5.69 Å². The smallest absolute Gasteiger partial charge is 0.121 e. The lowest BCUT2D eigenvalue weighted by Crippen LogP contribution is -2.09. The van der Waals surface area contributed by atoms with Gasteiger partial charge in [0.05, 0.1) is 4.88 Å². The second-order valence-electron chi connectivity index (χ2n) is 5.51. The number of fused-ring (bicyclic) bond motifs is 1. The number of anilines is 1. The van der Waals surface area contributed by atoms with Crippen LogP contribution in [0.1, 0.15) is 4.88 Å². The van der Waals surface area contributed by atoms with Gasteiger partial charge in [-0.05, 0) is 29.1 Å². The van der Waals surface area contributed by atoms with E-state index in [0.717, 1.165) is 21.1 Å². The van der Waals surface area contributed by atoms with Gasteiger partial charge in [0.15, 0.2) is 0 Å². The van der Waals surface area contributed by atoms with Crippen LogP contribution in [0.3, 0.4) is 0 Å². The molecule has 0 atom stereocenters. The van der Waals surface area contributed by atoms with Gasteiger partial charge < -0.3 is 5.32 Å². The second-order valence-corrected chi connectivity index (χ2v) is 7.01. The molecule has 0 aliphatic rings. The van der Waals surface area contributed by atoms with E-state index >= 15 is 0 Å². The molecule has 0 saturated carbocycles. The van der Waals surface area contributed by atoms with Gasteiger partial charge in [-0.1, -0.05) is 78.9 Å². The van der Waals surface area contributed by atoms with Crippen molar-refractivity contribution in [1.82, 2.24) is 0 Å². The predicted molar refractivity (Wildman–Crippen MR) is 109 cm³/mol. The minimum atomic E-state index is 0.764. The van der Waals surface area contributed by atoms with Crippen molar-refractivity contribution in [3.05, 3.63) is 89.8 Å². The average molecular weight is 345 g/mol. The lowest BCUT2D eigenvalue weighted by Gasteiger charge is -2.12. The van der Waals surface area contributed by atoms with Crippen molar-refractivity contribution in [3.63, 3.8) is 0 Å². The van der Waals surface area contributed by atoms with Gasteiger partial charge in [0.2, 0.25) is 0 Å². The summed E-state index contributed by atoms with van der Waals surface area (Å²) in [5, 5.41) is 4.66. The van der Waals surface area contributed by atoms with E-state index in [1.165, 1.54) is 15.6 Å². The molecule has 1 heterocycles. The minimum Gasteiger partial charge on any atom is -0.345 e. The Hall–Kier alpha value is -2.49. The van der Waals surface area contributed by atoms with Crippen LogP contribution in [0.2, 0.25) is 0 Å². The Morgan fingerprint density at radius 2 is 1.50 bits per heavy atom. The van der Waals surface area contributed by atoms with E-state index in [2.05, 4.69) is 78.1 Å². The zero-order valence-corrected chi connectivity index (χ0v) is 14.5. The first-order chi connectivity index (χ1) is 11.8. The van der Waals surface area contributed by atoms with Crippen LogP contribution in [0.5, 0.6) is 0 Å². The van der Waals surface area contributed by atoms with Gasteiger partial charge in [-0.15, -0.1) is 11.3 Å². The summed E-state index contributed by atoms with van der Waals surface area (Å²) in [5.41, 5.74) is 3.37. The average Bonchev–Trinajstić information content (AvgIpc) is 3.07. The Morgan fingerprint density at radius 1 is 0.792 bits per heavy atom. The van der Waals surface area contributed by atoms with Crippen molar-refractivity contribution >= 4 is 44.3 Å². The van der Waals surface area contributed by atoms with Crippen LogP contribution < -0.4 is 5.32 Å². The molecule has 4 rings (SSSR count). The maximum Gasteiger partial charge on any atom is 0.121 e. The molecule has 3 aromatic carbocycles. The van der Waals surface area contributed by atoms with E-state index in [4.69, 9.17) is 12.2 Å². The molecule has 1 nitrogen and oxygen atoms in total. The van der Waals surface area contributed by atoms with Gasteiger partial charge in [0.1, 0.15) is 4.99 Å². The van der Waals surface area contributed by atoms with Crippen LogP contribution >= 0.6 is 23.6 Å². The first-order valence-corrected chi connectivity index (χ1v) is 8.98. The molecule has 3 heteroatoms. The van der Waals surface area contributed by atoms with E-state index in [1.807, 2.05) is 12.1 Å². The molecular weight excluding hydrogens is 330 g/mol. The molecular formula is C21H15NS2. The summed E-state index contributed by atoms with van der Waals surface area (Å²) in [4.78, 5) is 1.86. The molecule has 0 unspecified atom stereocenters. The highest BCUT2D eigenvalue weighted by atomic mass is 32.1. The van der Waals surface area contributed by atoms with Gasteiger partial charge in [-0.25, -0.2) is 0 Å². The van der Waals surface area contributed by atoms with Crippen molar-refractivity contribution in [1.29, 1.82) is 0 Å². The van der Waals surface area contributed by atoms with Crippen LogP contribution in [0, 0.1) is 0 Å². The zero-order valence-electron chi connectivity index (χ0n) is 12.9. The molecule has 116 valence electrons. The molecule has 0 fully saturated rings. The molecule has 1 N–H and O–H groups in total. The van der Waals surface area contributed by atoms with Crippen molar-refractivity contribution in [2.75, 3.05) is 5.32 Å². The van der Waals surface area contributed by atoms with Crippen molar-refractivity contribution < 1.29 is 0 Å². The van der Waals surface area contributed by atoms with E-state index in [-0.39, 0.29) is 0 Å². The van der Waals surface area contributed by atoms with E-state index in [1.54, 1.807) is 11.3 Å². The van der Waals surface area contributed by atoms with Gasteiger partial charge in [0, 0.05) is 16.0 Å². The second kappa shape index (κ2) is 6.56. The molecule has 0 aliphatic heterocycles. The number of thiophene rings is 1. The Kier molecular flexibility index (Phi) is 4.11. The maximum absolute atomic E-state index is 5.65. The van der Waals surface area contributed by atoms with Crippen molar-refractivity contribution in [2.45, 2.75) is 0 Å². The van der Waals surface area contributed by atoms with E-state index in [9.17, 15) is 0 Å². The quantitative estimate of drug-likeness (QED) is 0.434. The highest BCUT2D eigenvalue weighted by molar-refractivity contribution is 7.81. The van der Waals surface area contributed by atoms with Gasteiger partial charge in [-0.3, -0.25) is 0 Å². The number of para-hydroxylation sites is 1. The zero-order chi connectivity index (χ0) is 16.4. The number of thiocarbonyl (C=S) groups is 1. The first kappa shape index (κ1) is 15.1. The third-order valence-corrected chi connectivity index (χ3v) is 5.49. The summed E-state index contributed by atoms with van der Waals surface area (Å²) in [5.74, 6) is 0. The molecule has 1 aromatic heterocycles. The number of nitrogens with one attached hydrogen (secondary N) is 1. The normalized spacial score (nSPS) is 10.7. The molecule has 24 heavy (non-hydrogen) atoms. The van der Waals surface area contributed by atoms with Crippen LogP contribution in [0.15, 0.2) is 84.9 Å².